The first-order chi connectivity index (χ1) is 24.2. The number of nitriles is 4. The summed E-state index contributed by atoms with van der Waals surface area (Å²) in [7, 11) is 0. The van der Waals surface area contributed by atoms with Crippen LogP contribution in [-0.4, -0.2) is 14.1 Å². The Hall–Kier alpha value is -7.40. The summed E-state index contributed by atoms with van der Waals surface area (Å²) in [6, 6.07) is 36.1. The number of rotatable bonds is 3. The molecule has 0 aliphatic rings. The molecule has 0 N–H and O–H groups in total. The molecule has 0 amide bonds. The van der Waals surface area contributed by atoms with Crippen LogP contribution in [0.4, 0.5) is 13.2 Å². The quantitative estimate of drug-likeness (QED) is 0.188. The molecule has 0 aliphatic carbocycles. The van der Waals surface area contributed by atoms with Crippen molar-refractivity contribution in [2.75, 3.05) is 0 Å². The summed E-state index contributed by atoms with van der Waals surface area (Å²) in [4.78, 5) is 4.70. The Kier molecular flexibility index (Phi) is 6.65. The molecule has 0 aliphatic heterocycles. The maximum absolute atomic E-state index is 14.4. The summed E-state index contributed by atoms with van der Waals surface area (Å²) in [6.07, 6.45) is -3.15. The monoisotopic (exact) mass is 653 g/mol. The molecule has 8 aromatic rings. The molecule has 3 heterocycles. The zero-order chi connectivity index (χ0) is 34.7. The standard InChI is InChI=1S/C40H18F3N7/c41-40(42,43)27-7-12-37(49-33-8-3-23(19-44)14-28(33)29-15-24(20-45)4-9-34(29)49)32(18-27)39-38(2-1-13-48-39)50-35-10-5-25(21-46)16-30(35)31-17-26(22-47)6-11-36(31)50/h1-18H. The zero-order valence-corrected chi connectivity index (χ0v) is 25.7. The molecule has 0 fully saturated rings. The fourth-order valence-electron chi connectivity index (χ4n) is 6.73. The van der Waals surface area contributed by atoms with Crippen LogP contribution in [0.3, 0.4) is 0 Å². The predicted octanol–water partition coefficient (Wildman–Crippen LogP) is 9.45. The van der Waals surface area contributed by atoms with Gasteiger partial charge in [-0.15, -0.1) is 0 Å². The smallest absolute Gasteiger partial charge is 0.309 e. The zero-order valence-electron chi connectivity index (χ0n) is 25.7. The van der Waals surface area contributed by atoms with E-state index in [4.69, 9.17) is 4.98 Å². The predicted molar refractivity (Wildman–Crippen MR) is 182 cm³/mol. The number of aromatic nitrogens is 3. The number of fused-ring (bicyclic) bond motifs is 6. The summed E-state index contributed by atoms with van der Waals surface area (Å²) in [5, 5.41) is 41.4. The molecule has 50 heavy (non-hydrogen) atoms. The summed E-state index contributed by atoms with van der Waals surface area (Å²) >= 11 is 0. The third kappa shape index (κ3) is 4.53. The molecule has 5 aromatic carbocycles. The van der Waals surface area contributed by atoms with Gasteiger partial charge in [-0.25, -0.2) is 0 Å². The lowest BCUT2D eigenvalue weighted by molar-refractivity contribution is -0.137. The van der Waals surface area contributed by atoms with Crippen LogP contribution in [0.1, 0.15) is 27.8 Å². The second kappa shape index (κ2) is 11.1. The fraction of sp³-hybridized carbons (Fsp3) is 0.0250. The van der Waals surface area contributed by atoms with Gasteiger partial charge in [-0.3, -0.25) is 4.98 Å². The first-order valence-corrected chi connectivity index (χ1v) is 15.2. The molecule has 3 aromatic heterocycles. The largest absolute Gasteiger partial charge is 0.416 e. The average Bonchev–Trinajstić information content (AvgIpc) is 3.64. The van der Waals surface area contributed by atoms with Crippen LogP contribution in [0, 0.1) is 45.3 Å². The van der Waals surface area contributed by atoms with Gasteiger partial charge in [-0.05, 0) is 103 Å². The molecule has 8 rings (SSSR count). The molecule has 0 radical (unpaired) electrons. The van der Waals surface area contributed by atoms with Crippen molar-refractivity contribution in [2.24, 2.45) is 0 Å². The summed E-state index contributed by atoms with van der Waals surface area (Å²) in [6.45, 7) is 0. The van der Waals surface area contributed by atoms with Crippen molar-refractivity contribution in [1.29, 1.82) is 21.0 Å². The molecule has 0 saturated heterocycles. The number of hydrogen-bond donors (Lipinski definition) is 0. The average molecular weight is 654 g/mol. The third-order valence-corrected chi connectivity index (χ3v) is 8.89. The van der Waals surface area contributed by atoms with Crippen molar-refractivity contribution >= 4 is 43.6 Å². The van der Waals surface area contributed by atoms with E-state index in [-0.39, 0.29) is 11.3 Å². The number of pyridine rings is 1. The maximum atomic E-state index is 14.4. The van der Waals surface area contributed by atoms with Crippen molar-refractivity contribution < 1.29 is 13.2 Å². The van der Waals surface area contributed by atoms with Gasteiger partial charge in [0, 0.05) is 33.3 Å². The third-order valence-electron chi connectivity index (χ3n) is 8.89. The van der Waals surface area contributed by atoms with Crippen LogP contribution in [0.25, 0.3) is 66.2 Å². The highest BCUT2D eigenvalue weighted by molar-refractivity contribution is 6.12. The molecular weight excluding hydrogens is 635 g/mol. The lowest BCUT2D eigenvalue weighted by Gasteiger charge is -2.19. The van der Waals surface area contributed by atoms with Crippen LogP contribution in [0.5, 0.6) is 0 Å². The summed E-state index contributed by atoms with van der Waals surface area (Å²) in [5.74, 6) is 0. The fourth-order valence-corrected chi connectivity index (χ4v) is 6.73. The Morgan fingerprint density at radius 3 is 1.32 bits per heavy atom. The van der Waals surface area contributed by atoms with Crippen molar-refractivity contribution in [3.05, 3.63) is 137 Å². The van der Waals surface area contributed by atoms with Crippen molar-refractivity contribution in [3.8, 4) is 46.9 Å². The van der Waals surface area contributed by atoms with Gasteiger partial charge in [-0.1, -0.05) is 0 Å². The Morgan fingerprint density at radius 2 is 0.920 bits per heavy atom. The number of benzene rings is 5. The van der Waals surface area contributed by atoms with E-state index < -0.39 is 11.7 Å². The molecule has 0 spiro atoms. The van der Waals surface area contributed by atoms with Gasteiger partial charge in [0.05, 0.1) is 91.2 Å². The first-order valence-electron chi connectivity index (χ1n) is 15.2. The van der Waals surface area contributed by atoms with Gasteiger partial charge >= 0.3 is 6.18 Å². The van der Waals surface area contributed by atoms with Gasteiger partial charge < -0.3 is 9.13 Å². The van der Waals surface area contributed by atoms with E-state index in [0.717, 1.165) is 12.1 Å². The second-order valence-corrected chi connectivity index (χ2v) is 11.6. The van der Waals surface area contributed by atoms with Crippen LogP contribution in [0.15, 0.2) is 109 Å². The van der Waals surface area contributed by atoms with E-state index in [1.54, 1.807) is 84.9 Å². The Labute approximate surface area is 281 Å². The lowest BCUT2D eigenvalue weighted by atomic mass is 10.0. The van der Waals surface area contributed by atoms with Crippen LogP contribution >= 0.6 is 0 Å². The van der Waals surface area contributed by atoms with E-state index in [9.17, 15) is 34.2 Å². The van der Waals surface area contributed by atoms with Crippen LogP contribution < -0.4 is 0 Å². The lowest BCUT2D eigenvalue weighted by Crippen LogP contribution is -2.08. The van der Waals surface area contributed by atoms with Gasteiger partial charge in [0.1, 0.15) is 0 Å². The highest BCUT2D eigenvalue weighted by atomic mass is 19.4. The minimum Gasteiger partial charge on any atom is -0.309 e. The maximum Gasteiger partial charge on any atom is 0.416 e. The van der Waals surface area contributed by atoms with Crippen molar-refractivity contribution in [2.45, 2.75) is 6.18 Å². The van der Waals surface area contributed by atoms with Crippen LogP contribution in [0.2, 0.25) is 0 Å². The highest BCUT2D eigenvalue weighted by Gasteiger charge is 2.32. The normalized spacial score (nSPS) is 11.4. The highest BCUT2D eigenvalue weighted by Crippen LogP contribution is 2.42. The van der Waals surface area contributed by atoms with E-state index in [2.05, 4.69) is 24.3 Å². The summed E-state index contributed by atoms with van der Waals surface area (Å²) < 4.78 is 47.0. The van der Waals surface area contributed by atoms with E-state index in [1.807, 2.05) is 9.13 Å². The van der Waals surface area contributed by atoms with Gasteiger partial charge in [0.2, 0.25) is 0 Å². The van der Waals surface area contributed by atoms with Crippen LogP contribution in [-0.2, 0) is 6.18 Å². The Balaban J connectivity index is 1.50. The topological polar surface area (TPSA) is 118 Å². The molecule has 0 unspecified atom stereocenters. The first kappa shape index (κ1) is 30.0. The van der Waals surface area contributed by atoms with Gasteiger partial charge in [0.15, 0.2) is 0 Å². The second-order valence-electron chi connectivity index (χ2n) is 11.6. The molecule has 7 nitrogen and oxygen atoms in total. The molecule has 0 bridgehead atoms. The molecule has 10 heteroatoms. The number of halogens is 3. The Bertz CT molecular complexity index is 2780. The van der Waals surface area contributed by atoms with Gasteiger partial charge in [0.25, 0.3) is 0 Å². The van der Waals surface area contributed by atoms with E-state index in [0.29, 0.717) is 77.2 Å². The Morgan fingerprint density at radius 1 is 0.500 bits per heavy atom. The SMILES string of the molecule is N#Cc1ccc2c(c1)c1cc(C#N)ccc1n2-c1ccc(C(F)(F)F)cc1-c1ncccc1-n1c2ccc(C#N)cc2c2cc(C#N)ccc21. The molecular formula is C40H18F3N7. The number of alkyl halides is 3. The molecule has 234 valence electrons. The summed E-state index contributed by atoms with van der Waals surface area (Å²) in [5.41, 5.74) is 4.62. The minimum atomic E-state index is -4.67. The van der Waals surface area contributed by atoms with E-state index in [1.165, 1.54) is 12.3 Å². The van der Waals surface area contributed by atoms with Crippen molar-refractivity contribution in [1.82, 2.24) is 14.1 Å². The van der Waals surface area contributed by atoms with Crippen molar-refractivity contribution in [3.63, 3.8) is 0 Å². The minimum absolute atomic E-state index is 0.181. The number of hydrogen-bond acceptors (Lipinski definition) is 5. The van der Waals surface area contributed by atoms with Gasteiger partial charge in [-0.2, -0.15) is 34.2 Å². The molecule has 0 atom stereocenters. The van der Waals surface area contributed by atoms with E-state index >= 15 is 0 Å². The molecule has 0 saturated carbocycles. The number of nitrogens with zero attached hydrogens (tertiary/aromatic N) is 7.